The van der Waals surface area contributed by atoms with Crippen LogP contribution in [0.4, 0.5) is 0 Å². The van der Waals surface area contributed by atoms with Crippen molar-refractivity contribution in [3.8, 4) is 0 Å². The molecule has 1 rings (SSSR count). The molecule has 1 aliphatic rings. The summed E-state index contributed by atoms with van der Waals surface area (Å²) in [7, 11) is 0.264. The molecule has 1 aliphatic carbocycles. The van der Waals surface area contributed by atoms with Gasteiger partial charge in [-0.1, -0.05) is 0 Å². The lowest BCUT2D eigenvalue weighted by Gasteiger charge is -2.16. The van der Waals surface area contributed by atoms with Crippen molar-refractivity contribution in [2.45, 2.75) is 32.6 Å². The van der Waals surface area contributed by atoms with Crippen LogP contribution in [0.2, 0.25) is 0 Å². The quantitative estimate of drug-likeness (QED) is 0.192. The molecular formula is C15H33IN4O3S. The maximum Gasteiger partial charge on any atom is 0.213 e. The van der Waals surface area contributed by atoms with Crippen LogP contribution in [0.15, 0.2) is 4.99 Å². The third kappa shape index (κ3) is 10.7. The molecule has 24 heavy (non-hydrogen) atoms. The summed E-state index contributed by atoms with van der Waals surface area (Å²) < 4.78 is 30.2. The number of hydrogen-bond acceptors (Lipinski definition) is 4. The Labute approximate surface area is 164 Å². The predicted octanol–water partition coefficient (Wildman–Crippen LogP) is 1.26. The standard InChI is InChI=1S/C15H32N4O3S.HI/c1-4-23(20,21)19(3)11-5-9-17-15(16-2)18-10-6-12-22-13-14-7-8-14;/h14H,4-13H2,1-3H3,(H2,16,17,18);1H. The number of nitrogens with zero attached hydrogens (tertiary/aromatic N) is 2. The van der Waals surface area contributed by atoms with Crippen molar-refractivity contribution in [2.24, 2.45) is 10.9 Å². The molecule has 1 saturated carbocycles. The maximum absolute atomic E-state index is 11.6. The molecule has 9 heteroatoms. The van der Waals surface area contributed by atoms with E-state index in [2.05, 4.69) is 15.6 Å². The molecule has 0 heterocycles. The Morgan fingerprint density at radius 3 is 2.42 bits per heavy atom. The van der Waals surface area contributed by atoms with E-state index in [0.29, 0.717) is 13.1 Å². The minimum absolute atomic E-state index is 0. The van der Waals surface area contributed by atoms with Gasteiger partial charge in [-0.05, 0) is 38.5 Å². The Hall–Kier alpha value is -0.130. The van der Waals surface area contributed by atoms with Gasteiger partial charge >= 0.3 is 0 Å². The van der Waals surface area contributed by atoms with Crippen LogP contribution in [0.3, 0.4) is 0 Å². The van der Waals surface area contributed by atoms with Gasteiger partial charge in [-0.3, -0.25) is 4.99 Å². The van der Waals surface area contributed by atoms with Crippen molar-refractivity contribution >= 4 is 40.0 Å². The molecule has 2 N–H and O–H groups in total. The molecule has 0 amide bonds. The Morgan fingerprint density at radius 1 is 1.25 bits per heavy atom. The Morgan fingerprint density at radius 2 is 1.88 bits per heavy atom. The largest absolute Gasteiger partial charge is 0.381 e. The van der Waals surface area contributed by atoms with Gasteiger partial charge in [0, 0.05) is 46.9 Å². The van der Waals surface area contributed by atoms with Crippen LogP contribution in [0.25, 0.3) is 0 Å². The number of hydrogen-bond donors (Lipinski definition) is 2. The Balaban J connectivity index is 0.00000529. The van der Waals surface area contributed by atoms with Gasteiger partial charge in [0.1, 0.15) is 0 Å². The molecule has 0 aromatic heterocycles. The van der Waals surface area contributed by atoms with E-state index in [1.54, 1.807) is 21.0 Å². The summed E-state index contributed by atoms with van der Waals surface area (Å²) in [5, 5.41) is 6.42. The van der Waals surface area contributed by atoms with Crippen molar-refractivity contribution in [1.82, 2.24) is 14.9 Å². The zero-order chi connectivity index (χ0) is 17.1. The molecule has 0 spiro atoms. The summed E-state index contributed by atoms with van der Waals surface area (Å²) >= 11 is 0. The van der Waals surface area contributed by atoms with Crippen molar-refractivity contribution in [3.05, 3.63) is 0 Å². The average Bonchev–Trinajstić information content (AvgIpc) is 3.36. The van der Waals surface area contributed by atoms with Gasteiger partial charge in [-0.25, -0.2) is 12.7 Å². The van der Waals surface area contributed by atoms with E-state index < -0.39 is 10.0 Å². The number of ether oxygens (including phenoxy) is 1. The lowest BCUT2D eigenvalue weighted by atomic mass is 10.4. The number of sulfonamides is 1. The first-order valence-corrected chi connectivity index (χ1v) is 10.1. The van der Waals surface area contributed by atoms with Crippen molar-refractivity contribution < 1.29 is 13.2 Å². The molecule has 0 aromatic carbocycles. The van der Waals surface area contributed by atoms with E-state index in [4.69, 9.17) is 4.74 Å². The van der Waals surface area contributed by atoms with Crippen molar-refractivity contribution in [3.63, 3.8) is 0 Å². The Bertz CT molecular complexity index is 456. The second-order valence-corrected chi connectivity index (χ2v) is 8.24. The number of rotatable bonds is 12. The van der Waals surface area contributed by atoms with Gasteiger partial charge in [-0.2, -0.15) is 0 Å². The maximum atomic E-state index is 11.6. The third-order valence-electron chi connectivity index (χ3n) is 3.81. The number of nitrogens with one attached hydrogen (secondary N) is 2. The van der Waals surface area contributed by atoms with Crippen LogP contribution in [-0.2, 0) is 14.8 Å². The average molecular weight is 476 g/mol. The van der Waals surface area contributed by atoms with E-state index in [1.165, 1.54) is 17.1 Å². The minimum atomic E-state index is -3.08. The zero-order valence-electron chi connectivity index (χ0n) is 15.1. The van der Waals surface area contributed by atoms with Crippen LogP contribution in [0.1, 0.15) is 32.6 Å². The van der Waals surface area contributed by atoms with E-state index in [-0.39, 0.29) is 29.7 Å². The van der Waals surface area contributed by atoms with E-state index in [9.17, 15) is 8.42 Å². The number of aliphatic imine (C=N–C) groups is 1. The van der Waals surface area contributed by atoms with Crippen LogP contribution in [-0.4, -0.2) is 71.4 Å². The summed E-state index contributed by atoms with van der Waals surface area (Å²) in [5.41, 5.74) is 0. The first-order valence-electron chi connectivity index (χ1n) is 8.46. The summed E-state index contributed by atoms with van der Waals surface area (Å²) in [5.74, 6) is 1.70. The van der Waals surface area contributed by atoms with E-state index in [0.717, 1.165) is 44.5 Å². The van der Waals surface area contributed by atoms with Crippen LogP contribution >= 0.6 is 24.0 Å². The number of halogens is 1. The van der Waals surface area contributed by atoms with Gasteiger partial charge in [-0.15, -0.1) is 24.0 Å². The lowest BCUT2D eigenvalue weighted by molar-refractivity contribution is 0.123. The van der Waals surface area contributed by atoms with Gasteiger partial charge < -0.3 is 15.4 Å². The summed E-state index contributed by atoms with van der Waals surface area (Å²) in [4.78, 5) is 4.15. The molecule has 0 radical (unpaired) electrons. The minimum Gasteiger partial charge on any atom is -0.381 e. The SMILES string of the molecule is CCS(=O)(=O)N(C)CCCNC(=NC)NCCCOCC1CC1.I. The lowest BCUT2D eigenvalue weighted by Crippen LogP contribution is -2.39. The van der Waals surface area contributed by atoms with Gasteiger partial charge in [0.15, 0.2) is 5.96 Å². The van der Waals surface area contributed by atoms with E-state index in [1.807, 2.05) is 0 Å². The summed E-state index contributed by atoms with van der Waals surface area (Å²) in [6.45, 7) is 5.34. The van der Waals surface area contributed by atoms with E-state index >= 15 is 0 Å². The van der Waals surface area contributed by atoms with Gasteiger partial charge in [0.05, 0.1) is 5.75 Å². The third-order valence-corrected chi connectivity index (χ3v) is 5.68. The molecule has 7 nitrogen and oxygen atoms in total. The fraction of sp³-hybridized carbons (Fsp3) is 0.933. The normalized spacial score (nSPS) is 15.2. The molecule has 0 bridgehead atoms. The molecule has 0 atom stereocenters. The van der Waals surface area contributed by atoms with Crippen molar-refractivity contribution in [1.29, 1.82) is 0 Å². The highest BCUT2D eigenvalue weighted by atomic mass is 127. The summed E-state index contributed by atoms with van der Waals surface area (Å²) in [6.07, 6.45) is 4.33. The predicted molar refractivity (Wildman–Crippen MR) is 110 cm³/mol. The second-order valence-electron chi connectivity index (χ2n) is 5.87. The van der Waals surface area contributed by atoms with Crippen molar-refractivity contribution in [2.75, 3.05) is 52.7 Å². The fourth-order valence-electron chi connectivity index (χ4n) is 2.00. The molecule has 1 fully saturated rings. The highest BCUT2D eigenvalue weighted by Crippen LogP contribution is 2.28. The van der Waals surface area contributed by atoms with Gasteiger partial charge in [0.25, 0.3) is 0 Å². The zero-order valence-corrected chi connectivity index (χ0v) is 18.2. The van der Waals surface area contributed by atoms with Crippen LogP contribution in [0.5, 0.6) is 0 Å². The molecular weight excluding hydrogens is 443 g/mol. The molecule has 0 saturated heterocycles. The molecule has 144 valence electrons. The van der Waals surface area contributed by atoms with Crippen LogP contribution < -0.4 is 10.6 Å². The molecule has 0 unspecified atom stereocenters. The molecule has 0 aromatic rings. The molecule has 0 aliphatic heterocycles. The fourth-order valence-corrected chi connectivity index (χ4v) is 2.85. The first kappa shape index (κ1) is 23.9. The summed E-state index contributed by atoms with van der Waals surface area (Å²) in [6, 6.07) is 0. The monoisotopic (exact) mass is 476 g/mol. The van der Waals surface area contributed by atoms with Crippen LogP contribution in [0, 0.1) is 5.92 Å². The highest BCUT2D eigenvalue weighted by Gasteiger charge is 2.20. The topological polar surface area (TPSA) is 83.0 Å². The second kappa shape index (κ2) is 13.1. The Kier molecular flexibility index (Phi) is 13.1. The highest BCUT2D eigenvalue weighted by molar-refractivity contribution is 14.0. The first-order chi connectivity index (χ1) is 11.0. The number of guanidine groups is 1. The van der Waals surface area contributed by atoms with Gasteiger partial charge in [0.2, 0.25) is 10.0 Å². The smallest absolute Gasteiger partial charge is 0.213 e.